The van der Waals surface area contributed by atoms with Crippen LogP contribution in [-0.2, 0) is 4.74 Å². The summed E-state index contributed by atoms with van der Waals surface area (Å²) >= 11 is 0. The quantitative estimate of drug-likeness (QED) is 0.875. The third kappa shape index (κ3) is 3.39. The second-order valence-corrected chi connectivity index (χ2v) is 4.23. The summed E-state index contributed by atoms with van der Waals surface area (Å²) < 4.78 is 9.66. The van der Waals surface area contributed by atoms with Crippen LogP contribution < -0.4 is 10.2 Å². The van der Waals surface area contributed by atoms with E-state index in [0.717, 1.165) is 5.56 Å². The Morgan fingerprint density at radius 2 is 1.86 bits per heavy atom. The number of methoxy groups -OCH3 is 2. The fraction of sp³-hybridized carbons (Fsp3) is 0.125. The van der Waals surface area contributed by atoms with Crippen molar-refractivity contribution in [3.05, 3.63) is 63.4 Å². The summed E-state index contributed by atoms with van der Waals surface area (Å²) in [4.78, 5) is 26.6. The minimum absolute atomic E-state index is 0.0505. The van der Waals surface area contributed by atoms with Crippen LogP contribution in [0.5, 0.6) is 5.88 Å². The van der Waals surface area contributed by atoms with Gasteiger partial charge in [0.05, 0.1) is 19.9 Å². The second kappa shape index (κ2) is 6.56. The van der Waals surface area contributed by atoms with Gasteiger partial charge in [0.25, 0.3) is 0 Å². The number of carbonyl (C=O) groups is 1. The number of aromatic amines is 1. The maximum atomic E-state index is 12.0. The van der Waals surface area contributed by atoms with Crippen LogP contribution in [0.4, 0.5) is 0 Å². The highest BCUT2D eigenvalue weighted by atomic mass is 16.5. The largest absolute Gasteiger partial charge is 0.482 e. The minimum atomic E-state index is -0.688. The average Bonchev–Trinajstić information content (AvgIpc) is 2.52. The molecule has 2 aromatic rings. The van der Waals surface area contributed by atoms with Gasteiger partial charge in [0.15, 0.2) is 5.88 Å². The molecule has 0 aliphatic rings. The Morgan fingerprint density at radius 1 is 1.14 bits per heavy atom. The number of nitrogens with one attached hydrogen (secondary N) is 1. The van der Waals surface area contributed by atoms with Crippen LogP contribution in [0.3, 0.4) is 0 Å². The number of ether oxygens (including phenoxy) is 2. The number of benzene rings is 1. The number of H-pyrrole nitrogens is 1. The number of pyridine rings is 1. The predicted molar refractivity (Wildman–Crippen MR) is 80.3 cm³/mol. The van der Waals surface area contributed by atoms with Gasteiger partial charge in [0, 0.05) is 6.07 Å². The summed E-state index contributed by atoms with van der Waals surface area (Å²) in [6, 6.07) is 10.7. The van der Waals surface area contributed by atoms with E-state index in [4.69, 9.17) is 4.74 Å². The smallest absolute Gasteiger partial charge is 0.344 e. The summed E-state index contributed by atoms with van der Waals surface area (Å²) in [5.41, 5.74) is 0.780. The maximum absolute atomic E-state index is 12.0. The third-order valence-corrected chi connectivity index (χ3v) is 2.89. The number of esters is 1. The van der Waals surface area contributed by atoms with Crippen molar-refractivity contribution < 1.29 is 14.3 Å². The molecule has 0 amide bonds. The molecule has 5 nitrogen and oxygen atoms in total. The summed E-state index contributed by atoms with van der Waals surface area (Å²) in [5, 5.41) is 0. The third-order valence-electron chi connectivity index (χ3n) is 2.89. The van der Waals surface area contributed by atoms with Crippen molar-refractivity contribution >= 4 is 18.1 Å². The van der Waals surface area contributed by atoms with E-state index < -0.39 is 11.4 Å². The molecule has 21 heavy (non-hydrogen) atoms. The maximum Gasteiger partial charge on any atom is 0.344 e. The van der Waals surface area contributed by atoms with Crippen LogP contribution in [0.25, 0.3) is 12.2 Å². The van der Waals surface area contributed by atoms with Crippen LogP contribution >= 0.6 is 0 Å². The summed E-state index contributed by atoms with van der Waals surface area (Å²) in [6.45, 7) is 0. The molecule has 0 saturated carbocycles. The van der Waals surface area contributed by atoms with Gasteiger partial charge >= 0.3 is 5.97 Å². The van der Waals surface area contributed by atoms with Crippen molar-refractivity contribution in [2.75, 3.05) is 14.2 Å². The molecule has 2 rings (SSSR count). The summed E-state index contributed by atoms with van der Waals surface area (Å²) in [6.07, 6.45) is 3.43. The highest BCUT2D eigenvalue weighted by Gasteiger charge is 2.16. The normalized spacial score (nSPS) is 10.6. The number of aromatic nitrogens is 1. The van der Waals surface area contributed by atoms with Crippen molar-refractivity contribution in [1.82, 2.24) is 4.98 Å². The minimum Gasteiger partial charge on any atom is -0.482 e. The Bertz CT molecular complexity index is 717. The van der Waals surface area contributed by atoms with E-state index >= 15 is 0 Å². The monoisotopic (exact) mass is 285 g/mol. The molecule has 0 bridgehead atoms. The Morgan fingerprint density at radius 3 is 2.48 bits per heavy atom. The molecule has 1 aromatic carbocycles. The number of hydrogen-bond donors (Lipinski definition) is 1. The van der Waals surface area contributed by atoms with Crippen LogP contribution in [-0.4, -0.2) is 25.2 Å². The first-order valence-corrected chi connectivity index (χ1v) is 6.28. The molecule has 0 fully saturated rings. The van der Waals surface area contributed by atoms with Crippen molar-refractivity contribution in [3.8, 4) is 5.88 Å². The second-order valence-electron chi connectivity index (χ2n) is 4.23. The number of carbonyl (C=O) groups excluding carboxylic acids is 1. The lowest BCUT2D eigenvalue weighted by atomic mass is 10.1. The van der Waals surface area contributed by atoms with Crippen molar-refractivity contribution in [2.45, 2.75) is 0 Å². The Kier molecular flexibility index (Phi) is 4.56. The van der Waals surface area contributed by atoms with Gasteiger partial charge in [-0.05, 0) is 11.6 Å². The Labute approximate surface area is 121 Å². The molecule has 0 radical (unpaired) electrons. The van der Waals surface area contributed by atoms with Crippen molar-refractivity contribution in [2.24, 2.45) is 0 Å². The zero-order valence-electron chi connectivity index (χ0n) is 11.8. The molecule has 0 saturated heterocycles. The van der Waals surface area contributed by atoms with Gasteiger partial charge in [-0.1, -0.05) is 36.4 Å². The Hall–Kier alpha value is -2.82. The molecule has 0 aliphatic heterocycles. The molecular weight excluding hydrogens is 270 g/mol. The van der Waals surface area contributed by atoms with E-state index in [1.165, 1.54) is 20.3 Å². The zero-order valence-corrected chi connectivity index (χ0v) is 11.8. The topological polar surface area (TPSA) is 68.4 Å². The van der Waals surface area contributed by atoms with Crippen molar-refractivity contribution in [3.63, 3.8) is 0 Å². The van der Waals surface area contributed by atoms with E-state index in [0.29, 0.717) is 5.69 Å². The van der Waals surface area contributed by atoms with Gasteiger partial charge in [-0.3, -0.25) is 4.79 Å². The van der Waals surface area contributed by atoms with Gasteiger partial charge in [0.1, 0.15) is 5.56 Å². The average molecular weight is 285 g/mol. The molecule has 0 spiro atoms. The molecule has 108 valence electrons. The highest BCUT2D eigenvalue weighted by Crippen LogP contribution is 2.13. The summed E-state index contributed by atoms with van der Waals surface area (Å²) in [5.74, 6) is -0.410. The molecule has 5 heteroatoms. The molecule has 0 aliphatic carbocycles. The lowest BCUT2D eigenvalue weighted by molar-refractivity contribution is 0.0598. The van der Waals surface area contributed by atoms with Gasteiger partial charge < -0.3 is 14.5 Å². The van der Waals surface area contributed by atoms with Gasteiger partial charge in [-0.2, -0.15) is 0 Å². The van der Waals surface area contributed by atoms with Crippen LogP contribution in [0.2, 0.25) is 0 Å². The van der Waals surface area contributed by atoms with Gasteiger partial charge in [-0.15, -0.1) is 0 Å². The number of hydrogen-bond acceptors (Lipinski definition) is 4. The lowest BCUT2D eigenvalue weighted by Crippen LogP contribution is -2.19. The van der Waals surface area contributed by atoms with E-state index in [9.17, 15) is 9.59 Å². The van der Waals surface area contributed by atoms with Crippen LogP contribution in [0.15, 0.2) is 41.2 Å². The van der Waals surface area contributed by atoms with Crippen LogP contribution in [0, 0.1) is 0 Å². The SMILES string of the molecule is COC(=O)c1c(/C=C\c2ccccc2)[nH]c(OC)cc1=O. The van der Waals surface area contributed by atoms with E-state index in [2.05, 4.69) is 9.72 Å². The molecule has 0 atom stereocenters. The predicted octanol–water partition coefficient (Wildman–Crippen LogP) is 2.34. The fourth-order valence-corrected chi connectivity index (χ4v) is 1.85. The molecular formula is C16H15NO4. The standard InChI is InChI=1S/C16H15NO4/c1-20-14-10-13(18)15(16(19)21-2)12(17-14)9-8-11-6-4-3-5-7-11/h3-10H,1-2H3,(H,17,18)/b9-8-. The van der Waals surface area contributed by atoms with E-state index in [-0.39, 0.29) is 11.4 Å². The van der Waals surface area contributed by atoms with E-state index in [1.54, 1.807) is 12.2 Å². The highest BCUT2D eigenvalue weighted by molar-refractivity contribution is 5.93. The first-order chi connectivity index (χ1) is 10.2. The zero-order chi connectivity index (χ0) is 15.2. The summed E-state index contributed by atoms with van der Waals surface area (Å²) in [7, 11) is 2.67. The number of rotatable bonds is 4. The molecule has 1 aromatic heterocycles. The first kappa shape index (κ1) is 14.6. The van der Waals surface area contributed by atoms with Crippen LogP contribution in [0.1, 0.15) is 21.6 Å². The molecule has 1 heterocycles. The molecule has 0 unspecified atom stereocenters. The fourth-order valence-electron chi connectivity index (χ4n) is 1.85. The van der Waals surface area contributed by atoms with Gasteiger partial charge in [0.2, 0.25) is 5.43 Å². The van der Waals surface area contributed by atoms with E-state index in [1.807, 2.05) is 30.3 Å². The Balaban J connectivity index is 2.50. The molecule has 1 N–H and O–H groups in total. The lowest BCUT2D eigenvalue weighted by Gasteiger charge is -2.06. The van der Waals surface area contributed by atoms with Gasteiger partial charge in [-0.25, -0.2) is 4.79 Å². The first-order valence-electron chi connectivity index (χ1n) is 6.28. The van der Waals surface area contributed by atoms with Crippen molar-refractivity contribution in [1.29, 1.82) is 0 Å².